The Balaban J connectivity index is 2.29. The smallest absolute Gasteiger partial charge is 0.143 e. The molecule has 0 saturated heterocycles. The molecule has 0 aliphatic carbocycles. The molecular weight excluding hydrogens is 219 g/mol. The normalized spacial score (nSPS) is 10.5. The summed E-state index contributed by atoms with van der Waals surface area (Å²) in [6.07, 6.45) is 5.01. The second kappa shape index (κ2) is 4.35. The fourth-order valence-corrected chi connectivity index (χ4v) is 1.36. The van der Waals surface area contributed by atoms with Gasteiger partial charge in [-0.05, 0) is 0 Å². The number of pyridine rings is 1. The van der Waals surface area contributed by atoms with Crippen LogP contribution in [0.25, 0.3) is 5.69 Å². The van der Waals surface area contributed by atoms with E-state index in [0.717, 1.165) is 11.9 Å². The van der Waals surface area contributed by atoms with E-state index in [-0.39, 0.29) is 0 Å². The Bertz CT molecular complexity index is 457. The first-order valence-electron chi connectivity index (χ1n) is 4.37. The van der Waals surface area contributed by atoms with Crippen molar-refractivity contribution in [3.63, 3.8) is 0 Å². The van der Waals surface area contributed by atoms with E-state index < -0.39 is 5.82 Å². The van der Waals surface area contributed by atoms with E-state index in [1.165, 1.54) is 16.9 Å². The van der Waals surface area contributed by atoms with Gasteiger partial charge in [0.15, 0.2) is 0 Å². The average Bonchev–Trinajstić information content (AvgIpc) is 2.67. The molecular formula is C9H8ClFN4. The first-order chi connectivity index (χ1) is 7.29. The van der Waals surface area contributed by atoms with Crippen LogP contribution in [0.4, 0.5) is 4.39 Å². The standard InChI is InChI=1S/C9H8ClFN4/c10-2-1-8-6-15(14-13-8)9-3-7(11)4-12-5-9/h3-6H,1-2H2. The molecule has 0 fully saturated rings. The Labute approximate surface area is 90.7 Å². The number of aromatic nitrogens is 4. The Morgan fingerprint density at radius 1 is 1.40 bits per heavy atom. The molecule has 0 aliphatic rings. The predicted molar refractivity (Wildman–Crippen MR) is 53.5 cm³/mol. The summed E-state index contributed by atoms with van der Waals surface area (Å²) in [5, 5.41) is 7.74. The average molecular weight is 227 g/mol. The van der Waals surface area contributed by atoms with Gasteiger partial charge in [0, 0.05) is 18.4 Å². The first kappa shape index (κ1) is 10.0. The molecule has 0 N–H and O–H groups in total. The Morgan fingerprint density at radius 2 is 2.27 bits per heavy atom. The van der Waals surface area contributed by atoms with Gasteiger partial charge in [0.2, 0.25) is 0 Å². The summed E-state index contributed by atoms with van der Waals surface area (Å²) in [6, 6.07) is 1.34. The highest BCUT2D eigenvalue weighted by Gasteiger charge is 2.03. The van der Waals surface area contributed by atoms with E-state index in [0.29, 0.717) is 18.0 Å². The van der Waals surface area contributed by atoms with Crippen molar-refractivity contribution in [3.05, 3.63) is 36.2 Å². The molecule has 0 spiro atoms. The van der Waals surface area contributed by atoms with Crippen LogP contribution < -0.4 is 0 Å². The van der Waals surface area contributed by atoms with Crippen molar-refractivity contribution < 1.29 is 4.39 Å². The van der Waals surface area contributed by atoms with E-state index in [2.05, 4.69) is 15.3 Å². The van der Waals surface area contributed by atoms with Crippen LogP contribution in [0, 0.1) is 5.82 Å². The van der Waals surface area contributed by atoms with Gasteiger partial charge in [-0.15, -0.1) is 16.7 Å². The van der Waals surface area contributed by atoms with Gasteiger partial charge in [-0.25, -0.2) is 9.07 Å². The maximum atomic E-state index is 12.9. The number of nitrogens with zero attached hydrogens (tertiary/aromatic N) is 4. The zero-order valence-corrected chi connectivity index (χ0v) is 8.52. The van der Waals surface area contributed by atoms with Crippen LogP contribution in [0.1, 0.15) is 5.69 Å². The summed E-state index contributed by atoms with van der Waals surface area (Å²) < 4.78 is 14.3. The van der Waals surface area contributed by atoms with E-state index in [9.17, 15) is 4.39 Å². The highest BCUT2D eigenvalue weighted by Crippen LogP contribution is 2.07. The molecule has 0 aromatic carbocycles. The molecule has 6 heteroatoms. The number of rotatable bonds is 3. The Hall–Kier alpha value is -1.49. The summed E-state index contributed by atoms with van der Waals surface area (Å²) >= 11 is 5.57. The molecule has 0 aliphatic heterocycles. The van der Waals surface area contributed by atoms with Crippen LogP contribution in [0.2, 0.25) is 0 Å². The van der Waals surface area contributed by atoms with Crippen LogP contribution in [0.15, 0.2) is 24.7 Å². The number of hydrogen-bond acceptors (Lipinski definition) is 3. The lowest BCUT2D eigenvalue weighted by Crippen LogP contribution is -1.96. The van der Waals surface area contributed by atoms with Crippen molar-refractivity contribution in [2.24, 2.45) is 0 Å². The lowest BCUT2D eigenvalue weighted by molar-refractivity contribution is 0.617. The Morgan fingerprint density at radius 3 is 3.00 bits per heavy atom. The summed E-state index contributed by atoms with van der Waals surface area (Å²) in [7, 11) is 0. The maximum Gasteiger partial charge on any atom is 0.143 e. The quantitative estimate of drug-likeness (QED) is 0.747. The summed E-state index contributed by atoms with van der Waals surface area (Å²) in [5.41, 5.74) is 1.32. The summed E-state index contributed by atoms with van der Waals surface area (Å²) in [5.74, 6) is 0.0852. The number of aryl methyl sites for hydroxylation is 1. The molecule has 4 nitrogen and oxygen atoms in total. The van der Waals surface area contributed by atoms with Gasteiger partial charge in [0.25, 0.3) is 0 Å². The zero-order chi connectivity index (χ0) is 10.7. The van der Waals surface area contributed by atoms with Gasteiger partial charge in [0.05, 0.1) is 30.0 Å². The van der Waals surface area contributed by atoms with Gasteiger partial charge in [0.1, 0.15) is 5.82 Å². The third kappa shape index (κ3) is 2.30. The number of hydrogen-bond donors (Lipinski definition) is 0. The van der Waals surface area contributed by atoms with Gasteiger partial charge < -0.3 is 0 Å². The minimum atomic E-state index is -0.401. The van der Waals surface area contributed by atoms with Gasteiger partial charge in [-0.2, -0.15) is 0 Å². The molecule has 2 heterocycles. The maximum absolute atomic E-state index is 12.9. The lowest BCUT2D eigenvalue weighted by Gasteiger charge is -1.97. The van der Waals surface area contributed by atoms with Crippen LogP contribution in [0.5, 0.6) is 0 Å². The predicted octanol–water partition coefficient (Wildman–Crippen LogP) is 1.58. The fourth-order valence-electron chi connectivity index (χ4n) is 1.16. The van der Waals surface area contributed by atoms with Crippen LogP contribution in [0.3, 0.4) is 0 Å². The van der Waals surface area contributed by atoms with Crippen molar-refractivity contribution in [3.8, 4) is 5.69 Å². The molecule has 2 aromatic rings. The molecule has 0 atom stereocenters. The number of alkyl halides is 1. The van der Waals surface area contributed by atoms with Gasteiger partial charge in [-0.3, -0.25) is 4.98 Å². The molecule has 15 heavy (non-hydrogen) atoms. The van der Waals surface area contributed by atoms with Gasteiger partial charge >= 0.3 is 0 Å². The van der Waals surface area contributed by atoms with Crippen LogP contribution in [-0.4, -0.2) is 25.9 Å². The molecule has 2 rings (SSSR count). The van der Waals surface area contributed by atoms with E-state index in [1.807, 2.05) is 0 Å². The topological polar surface area (TPSA) is 43.6 Å². The Kier molecular flexibility index (Phi) is 2.91. The lowest BCUT2D eigenvalue weighted by atomic mass is 10.3. The summed E-state index contributed by atoms with van der Waals surface area (Å²) in [4.78, 5) is 3.73. The summed E-state index contributed by atoms with van der Waals surface area (Å²) in [6.45, 7) is 0. The van der Waals surface area contributed by atoms with Crippen molar-refractivity contribution in [1.82, 2.24) is 20.0 Å². The second-order valence-corrected chi connectivity index (χ2v) is 3.33. The van der Waals surface area contributed by atoms with Crippen molar-refractivity contribution in [2.75, 3.05) is 5.88 Å². The molecule has 0 unspecified atom stereocenters. The van der Waals surface area contributed by atoms with Crippen molar-refractivity contribution in [1.29, 1.82) is 0 Å². The van der Waals surface area contributed by atoms with E-state index in [4.69, 9.17) is 11.6 Å². The molecule has 0 amide bonds. The van der Waals surface area contributed by atoms with Gasteiger partial charge in [-0.1, -0.05) is 5.21 Å². The minimum Gasteiger partial charge on any atom is -0.259 e. The highest BCUT2D eigenvalue weighted by molar-refractivity contribution is 6.17. The molecule has 78 valence electrons. The molecule has 0 saturated carbocycles. The molecule has 2 aromatic heterocycles. The third-order valence-electron chi connectivity index (χ3n) is 1.85. The molecule has 0 radical (unpaired) electrons. The second-order valence-electron chi connectivity index (χ2n) is 2.95. The van der Waals surface area contributed by atoms with Crippen LogP contribution in [-0.2, 0) is 6.42 Å². The van der Waals surface area contributed by atoms with E-state index >= 15 is 0 Å². The first-order valence-corrected chi connectivity index (χ1v) is 4.91. The monoisotopic (exact) mass is 226 g/mol. The van der Waals surface area contributed by atoms with Crippen molar-refractivity contribution >= 4 is 11.6 Å². The van der Waals surface area contributed by atoms with Crippen LogP contribution >= 0.6 is 11.6 Å². The minimum absolute atomic E-state index is 0.401. The largest absolute Gasteiger partial charge is 0.259 e. The third-order valence-corrected chi connectivity index (χ3v) is 2.04. The van der Waals surface area contributed by atoms with Crippen molar-refractivity contribution in [2.45, 2.75) is 6.42 Å². The number of halogens is 2. The molecule has 0 bridgehead atoms. The fraction of sp³-hybridized carbons (Fsp3) is 0.222. The highest BCUT2D eigenvalue weighted by atomic mass is 35.5. The SMILES string of the molecule is Fc1cncc(-n2cc(CCCl)nn2)c1. The zero-order valence-electron chi connectivity index (χ0n) is 7.77. The van der Waals surface area contributed by atoms with E-state index in [1.54, 1.807) is 6.20 Å².